The first kappa shape index (κ1) is 19.8. The molecule has 0 unspecified atom stereocenters. The normalized spacial score (nSPS) is 45.2. The Morgan fingerprint density at radius 1 is 0.964 bits per heavy atom. The minimum absolute atomic E-state index is 0.00728. The molecule has 3 saturated carbocycles. The van der Waals surface area contributed by atoms with Gasteiger partial charge in [0.1, 0.15) is 0 Å². The molecule has 0 amide bonds. The van der Waals surface area contributed by atoms with E-state index in [0.717, 1.165) is 44.1 Å². The standard InChI is InChI=1S/C24H34O4/c1-14-18-7-6-17-19(22(18,4)11-10-21(14)27)8-12-23(5)20(17)9-13-24(23,15(2)25)28-16(3)26/h17,19-20H,6-13H2,1-5H3/t17-,19+,20-,22+,23-,24+/m1/s1. The van der Waals surface area contributed by atoms with E-state index >= 15 is 0 Å². The van der Waals surface area contributed by atoms with E-state index in [-0.39, 0.29) is 22.6 Å². The smallest absolute Gasteiger partial charge is 0.303 e. The van der Waals surface area contributed by atoms with Crippen LogP contribution in [0.4, 0.5) is 0 Å². The van der Waals surface area contributed by atoms with Crippen LogP contribution in [0.3, 0.4) is 0 Å². The SMILES string of the molecule is CC(=O)O[C@]1(C(C)=O)CC[C@@H]2[C@@H]3CCC4=C(C)C(=O)CC[C@]4(C)[C@H]3CC[C@]21C. The van der Waals surface area contributed by atoms with E-state index in [0.29, 0.717) is 36.4 Å². The van der Waals surface area contributed by atoms with Crippen LogP contribution in [0.5, 0.6) is 0 Å². The Bertz CT molecular complexity index is 779. The van der Waals surface area contributed by atoms with E-state index in [4.69, 9.17) is 4.74 Å². The van der Waals surface area contributed by atoms with Gasteiger partial charge in [-0.3, -0.25) is 14.4 Å². The second kappa shape index (κ2) is 6.27. The first-order valence-electron chi connectivity index (χ1n) is 11.0. The van der Waals surface area contributed by atoms with Crippen molar-refractivity contribution in [3.8, 4) is 0 Å². The van der Waals surface area contributed by atoms with Crippen LogP contribution in [0.15, 0.2) is 11.1 Å². The van der Waals surface area contributed by atoms with E-state index in [1.165, 1.54) is 12.5 Å². The molecule has 6 atom stereocenters. The maximum atomic E-state index is 12.8. The molecular weight excluding hydrogens is 352 g/mol. The highest BCUT2D eigenvalue weighted by Crippen LogP contribution is 2.68. The number of ether oxygens (including phenoxy) is 1. The summed E-state index contributed by atoms with van der Waals surface area (Å²) in [4.78, 5) is 37.0. The number of esters is 1. The van der Waals surface area contributed by atoms with Crippen molar-refractivity contribution >= 4 is 17.5 Å². The van der Waals surface area contributed by atoms with Gasteiger partial charge in [-0.2, -0.15) is 0 Å². The zero-order valence-corrected chi connectivity index (χ0v) is 18.0. The lowest BCUT2D eigenvalue weighted by Crippen LogP contribution is -2.58. The third-order valence-corrected chi connectivity index (χ3v) is 9.42. The molecule has 0 radical (unpaired) electrons. The largest absolute Gasteiger partial charge is 0.451 e. The van der Waals surface area contributed by atoms with Gasteiger partial charge >= 0.3 is 5.97 Å². The molecule has 4 rings (SSSR count). The lowest BCUT2D eigenvalue weighted by Gasteiger charge is -2.59. The minimum atomic E-state index is -0.954. The Labute approximate surface area is 168 Å². The van der Waals surface area contributed by atoms with Crippen molar-refractivity contribution in [1.82, 2.24) is 0 Å². The molecule has 4 nitrogen and oxygen atoms in total. The highest BCUT2D eigenvalue weighted by molar-refractivity contribution is 5.96. The van der Waals surface area contributed by atoms with E-state index < -0.39 is 5.60 Å². The maximum Gasteiger partial charge on any atom is 0.303 e. The second-order valence-corrected chi connectivity index (χ2v) is 10.3. The van der Waals surface area contributed by atoms with Gasteiger partial charge in [-0.1, -0.05) is 19.4 Å². The molecule has 0 aliphatic heterocycles. The number of rotatable bonds is 2. The predicted octanol–water partition coefficient (Wildman–Crippen LogP) is 4.80. The van der Waals surface area contributed by atoms with Crippen LogP contribution in [0.1, 0.15) is 86.0 Å². The summed E-state index contributed by atoms with van der Waals surface area (Å²) in [5, 5.41) is 0. The highest BCUT2D eigenvalue weighted by Gasteiger charge is 2.67. The Morgan fingerprint density at radius 2 is 1.64 bits per heavy atom. The molecule has 0 heterocycles. The summed E-state index contributed by atoms with van der Waals surface area (Å²) < 4.78 is 5.83. The molecule has 0 aromatic heterocycles. The fourth-order valence-electron chi connectivity index (χ4n) is 8.04. The number of carbonyl (C=O) groups excluding carboxylic acids is 3. The molecule has 0 spiro atoms. The van der Waals surface area contributed by atoms with Gasteiger partial charge in [0.25, 0.3) is 0 Å². The van der Waals surface area contributed by atoms with Gasteiger partial charge in [-0.25, -0.2) is 0 Å². The van der Waals surface area contributed by atoms with Gasteiger partial charge in [0.2, 0.25) is 0 Å². The van der Waals surface area contributed by atoms with Crippen molar-refractivity contribution in [3.63, 3.8) is 0 Å². The maximum absolute atomic E-state index is 12.8. The summed E-state index contributed by atoms with van der Waals surface area (Å²) >= 11 is 0. The molecule has 4 aliphatic carbocycles. The van der Waals surface area contributed by atoms with Crippen LogP contribution >= 0.6 is 0 Å². The van der Waals surface area contributed by atoms with E-state index in [9.17, 15) is 14.4 Å². The molecule has 0 bridgehead atoms. The van der Waals surface area contributed by atoms with Gasteiger partial charge in [0.15, 0.2) is 17.2 Å². The van der Waals surface area contributed by atoms with E-state index in [1.54, 1.807) is 6.92 Å². The third-order valence-electron chi connectivity index (χ3n) is 9.42. The molecule has 4 heteroatoms. The van der Waals surface area contributed by atoms with Crippen molar-refractivity contribution in [1.29, 1.82) is 0 Å². The Morgan fingerprint density at radius 3 is 2.29 bits per heavy atom. The van der Waals surface area contributed by atoms with Crippen LogP contribution < -0.4 is 0 Å². The third kappa shape index (κ3) is 2.39. The van der Waals surface area contributed by atoms with Gasteiger partial charge in [-0.05, 0) is 87.5 Å². The van der Waals surface area contributed by atoms with Crippen molar-refractivity contribution in [3.05, 3.63) is 11.1 Å². The van der Waals surface area contributed by atoms with Crippen LogP contribution in [-0.4, -0.2) is 23.1 Å². The van der Waals surface area contributed by atoms with Crippen LogP contribution in [0.2, 0.25) is 0 Å². The molecule has 0 aromatic rings. The van der Waals surface area contributed by atoms with E-state index in [2.05, 4.69) is 13.8 Å². The zero-order chi connectivity index (χ0) is 20.5. The topological polar surface area (TPSA) is 60.4 Å². The number of carbonyl (C=O) groups is 3. The van der Waals surface area contributed by atoms with E-state index in [1.807, 2.05) is 6.92 Å². The zero-order valence-electron chi connectivity index (χ0n) is 18.0. The first-order chi connectivity index (χ1) is 13.1. The van der Waals surface area contributed by atoms with Crippen molar-refractivity contribution in [2.45, 2.75) is 91.6 Å². The average Bonchev–Trinajstić information content (AvgIpc) is 2.92. The number of fused-ring (bicyclic) bond motifs is 5. The summed E-state index contributed by atoms with van der Waals surface area (Å²) in [6, 6.07) is 0. The molecule has 0 saturated heterocycles. The number of hydrogen-bond donors (Lipinski definition) is 0. The van der Waals surface area contributed by atoms with Crippen molar-refractivity contribution in [2.75, 3.05) is 0 Å². The lowest BCUT2D eigenvalue weighted by molar-refractivity contribution is -0.187. The lowest BCUT2D eigenvalue weighted by atomic mass is 9.45. The molecule has 0 N–H and O–H groups in total. The van der Waals surface area contributed by atoms with Crippen molar-refractivity contribution in [2.24, 2.45) is 28.6 Å². The monoisotopic (exact) mass is 386 g/mol. The molecule has 4 aliphatic rings. The molecule has 154 valence electrons. The van der Waals surface area contributed by atoms with Crippen LogP contribution in [0, 0.1) is 28.6 Å². The quantitative estimate of drug-likeness (QED) is 0.640. The minimum Gasteiger partial charge on any atom is -0.451 e. The summed E-state index contributed by atoms with van der Waals surface area (Å²) in [7, 11) is 0. The van der Waals surface area contributed by atoms with Crippen LogP contribution in [-0.2, 0) is 19.1 Å². The molecular formula is C24H34O4. The number of ketones is 2. The Balaban J connectivity index is 1.72. The van der Waals surface area contributed by atoms with Crippen LogP contribution in [0.25, 0.3) is 0 Å². The van der Waals surface area contributed by atoms with Gasteiger partial charge in [0.05, 0.1) is 0 Å². The number of allylic oxidation sites excluding steroid dienone is 1. The molecule has 0 aromatic carbocycles. The van der Waals surface area contributed by atoms with Gasteiger partial charge in [-0.15, -0.1) is 0 Å². The first-order valence-corrected chi connectivity index (χ1v) is 11.0. The second-order valence-electron chi connectivity index (χ2n) is 10.3. The van der Waals surface area contributed by atoms with Gasteiger partial charge < -0.3 is 4.74 Å². The predicted molar refractivity (Wildman–Crippen MR) is 107 cm³/mol. The summed E-state index contributed by atoms with van der Waals surface area (Å²) in [5.41, 5.74) is 1.31. The Hall–Kier alpha value is -1.45. The molecule has 3 fully saturated rings. The summed E-state index contributed by atoms with van der Waals surface area (Å²) in [6.07, 6.45) is 7.31. The van der Waals surface area contributed by atoms with Gasteiger partial charge in [0, 0.05) is 18.8 Å². The number of hydrogen-bond acceptors (Lipinski definition) is 4. The number of Topliss-reactive ketones (excluding diaryl/α,β-unsaturated/α-hetero) is 2. The van der Waals surface area contributed by atoms with Crippen molar-refractivity contribution < 1.29 is 19.1 Å². The highest BCUT2D eigenvalue weighted by atomic mass is 16.6. The fraction of sp³-hybridized carbons (Fsp3) is 0.792. The summed E-state index contributed by atoms with van der Waals surface area (Å²) in [5.74, 6) is 1.51. The molecule has 28 heavy (non-hydrogen) atoms. The average molecular weight is 387 g/mol. The Kier molecular flexibility index (Phi) is 4.45. The fourth-order valence-corrected chi connectivity index (χ4v) is 8.04. The summed E-state index contributed by atoms with van der Waals surface area (Å²) in [6.45, 7) is 9.64.